The van der Waals surface area contributed by atoms with Crippen molar-refractivity contribution in [2.24, 2.45) is 11.1 Å². The van der Waals surface area contributed by atoms with Crippen molar-refractivity contribution in [3.63, 3.8) is 0 Å². The zero-order valence-electron chi connectivity index (χ0n) is 12.6. The van der Waals surface area contributed by atoms with Crippen molar-refractivity contribution in [1.82, 2.24) is 0 Å². The lowest BCUT2D eigenvalue weighted by Crippen LogP contribution is -2.37. The largest absolute Gasteiger partial charge is 0.397 e. The van der Waals surface area contributed by atoms with Crippen molar-refractivity contribution < 1.29 is 4.79 Å². The molecule has 2 rings (SSSR count). The van der Waals surface area contributed by atoms with Gasteiger partial charge in [-0.05, 0) is 49.3 Å². The SMILES string of the molecule is CN(c1ccc(C(N)=O)cc1N)C1CCC(C)(C)CC1. The Labute approximate surface area is 121 Å². The molecule has 0 heterocycles. The summed E-state index contributed by atoms with van der Waals surface area (Å²) < 4.78 is 0. The lowest BCUT2D eigenvalue weighted by Gasteiger charge is -2.40. The van der Waals surface area contributed by atoms with Gasteiger partial charge < -0.3 is 16.4 Å². The van der Waals surface area contributed by atoms with E-state index in [9.17, 15) is 4.79 Å². The minimum Gasteiger partial charge on any atom is -0.397 e. The lowest BCUT2D eigenvalue weighted by atomic mass is 9.75. The van der Waals surface area contributed by atoms with Crippen molar-refractivity contribution in [3.05, 3.63) is 23.8 Å². The maximum atomic E-state index is 11.2. The molecule has 1 aromatic carbocycles. The maximum Gasteiger partial charge on any atom is 0.248 e. The van der Waals surface area contributed by atoms with E-state index < -0.39 is 5.91 Å². The minimum atomic E-state index is -0.440. The van der Waals surface area contributed by atoms with Gasteiger partial charge in [-0.1, -0.05) is 13.8 Å². The topological polar surface area (TPSA) is 72.3 Å². The first-order valence-corrected chi connectivity index (χ1v) is 7.22. The van der Waals surface area contributed by atoms with Gasteiger partial charge in [0.1, 0.15) is 0 Å². The summed E-state index contributed by atoms with van der Waals surface area (Å²) in [6, 6.07) is 5.83. The molecule has 110 valence electrons. The van der Waals surface area contributed by atoms with Crippen LogP contribution in [0.5, 0.6) is 0 Å². The van der Waals surface area contributed by atoms with Crippen molar-refractivity contribution in [1.29, 1.82) is 0 Å². The van der Waals surface area contributed by atoms with Gasteiger partial charge in [-0.25, -0.2) is 0 Å². The molecule has 4 N–H and O–H groups in total. The number of hydrogen-bond donors (Lipinski definition) is 2. The zero-order valence-corrected chi connectivity index (χ0v) is 12.6. The van der Waals surface area contributed by atoms with Gasteiger partial charge >= 0.3 is 0 Å². The normalized spacial score (nSPS) is 18.8. The molecular weight excluding hydrogens is 250 g/mol. The maximum absolute atomic E-state index is 11.2. The third-order valence-corrected chi connectivity index (χ3v) is 4.55. The van der Waals surface area contributed by atoms with Gasteiger partial charge in [-0.2, -0.15) is 0 Å². The number of benzene rings is 1. The third kappa shape index (κ3) is 3.06. The molecule has 0 aliphatic heterocycles. The van der Waals surface area contributed by atoms with Crippen LogP contribution in [0, 0.1) is 5.41 Å². The van der Waals surface area contributed by atoms with Crippen LogP contribution >= 0.6 is 0 Å². The summed E-state index contributed by atoms with van der Waals surface area (Å²) in [6.07, 6.45) is 4.84. The Kier molecular flexibility index (Phi) is 3.93. The minimum absolute atomic E-state index is 0.440. The van der Waals surface area contributed by atoms with E-state index in [1.54, 1.807) is 12.1 Å². The summed E-state index contributed by atoms with van der Waals surface area (Å²) in [5.41, 5.74) is 13.9. The molecule has 0 unspecified atom stereocenters. The molecule has 1 amide bonds. The van der Waals surface area contributed by atoms with Crippen LogP contribution in [0.1, 0.15) is 49.9 Å². The van der Waals surface area contributed by atoms with Crippen molar-refractivity contribution in [2.45, 2.75) is 45.6 Å². The number of amides is 1. The molecule has 0 saturated heterocycles. The van der Waals surface area contributed by atoms with E-state index in [4.69, 9.17) is 11.5 Å². The molecule has 0 radical (unpaired) electrons. The number of rotatable bonds is 3. The first-order chi connectivity index (χ1) is 9.30. The highest BCUT2D eigenvalue weighted by Gasteiger charge is 2.29. The monoisotopic (exact) mass is 275 g/mol. The third-order valence-electron chi connectivity index (χ3n) is 4.55. The Hall–Kier alpha value is -1.71. The van der Waals surface area contributed by atoms with Crippen LogP contribution in [0.4, 0.5) is 11.4 Å². The number of nitrogen functional groups attached to an aromatic ring is 1. The number of nitrogens with two attached hydrogens (primary N) is 2. The predicted molar refractivity (Wildman–Crippen MR) is 83.8 cm³/mol. The standard InChI is InChI=1S/C16H25N3O/c1-16(2)8-6-12(7-9-16)19(3)14-5-4-11(15(18)20)10-13(14)17/h4-5,10,12H,6-9,17H2,1-3H3,(H2,18,20). The second-order valence-electron chi connectivity index (χ2n) is 6.64. The van der Waals surface area contributed by atoms with Crippen LogP contribution in [0.2, 0.25) is 0 Å². The Morgan fingerprint density at radius 2 is 1.90 bits per heavy atom. The highest BCUT2D eigenvalue weighted by Crippen LogP contribution is 2.38. The summed E-state index contributed by atoms with van der Waals surface area (Å²) in [4.78, 5) is 13.4. The molecule has 0 bridgehead atoms. The molecule has 0 atom stereocenters. The first-order valence-electron chi connectivity index (χ1n) is 7.22. The van der Waals surface area contributed by atoms with Crippen molar-refractivity contribution >= 4 is 17.3 Å². The zero-order chi connectivity index (χ0) is 14.9. The Morgan fingerprint density at radius 1 is 1.30 bits per heavy atom. The van der Waals surface area contributed by atoms with E-state index in [0.29, 0.717) is 22.7 Å². The Morgan fingerprint density at radius 3 is 2.40 bits per heavy atom. The number of primary amides is 1. The van der Waals surface area contributed by atoms with Crippen molar-refractivity contribution in [2.75, 3.05) is 17.7 Å². The molecule has 4 nitrogen and oxygen atoms in total. The van der Waals surface area contributed by atoms with Crippen LogP contribution in [-0.4, -0.2) is 19.0 Å². The summed E-state index contributed by atoms with van der Waals surface area (Å²) in [5.74, 6) is -0.440. The highest BCUT2D eigenvalue weighted by molar-refractivity contribution is 5.94. The number of nitrogens with zero attached hydrogens (tertiary/aromatic N) is 1. The van der Waals surface area contributed by atoms with Gasteiger partial charge in [0.2, 0.25) is 5.91 Å². The second-order valence-corrected chi connectivity index (χ2v) is 6.64. The average Bonchev–Trinajstić information content (AvgIpc) is 2.37. The smallest absolute Gasteiger partial charge is 0.248 e. The van der Waals surface area contributed by atoms with E-state index in [-0.39, 0.29) is 0 Å². The summed E-state index contributed by atoms with van der Waals surface area (Å²) in [7, 11) is 2.08. The molecule has 20 heavy (non-hydrogen) atoms. The highest BCUT2D eigenvalue weighted by atomic mass is 16.1. The fourth-order valence-electron chi connectivity index (χ4n) is 3.00. The number of carbonyl (C=O) groups is 1. The van der Waals surface area contributed by atoms with E-state index in [2.05, 4.69) is 25.8 Å². The Bertz CT molecular complexity index is 500. The van der Waals surface area contributed by atoms with Crippen LogP contribution in [0.15, 0.2) is 18.2 Å². The molecule has 0 spiro atoms. The predicted octanol–water partition coefficient (Wildman–Crippen LogP) is 2.77. The van der Waals surface area contributed by atoms with Gasteiger partial charge in [0.15, 0.2) is 0 Å². The fourth-order valence-corrected chi connectivity index (χ4v) is 3.00. The Balaban J connectivity index is 2.13. The van der Waals surface area contributed by atoms with Crippen LogP contribution in [-0.2, 0) is 0 Å². The van der Waals surface area contributed by atoms with Gasteiger partial charge in [-0.3, -0.25) is 4.79 Å². The van der Waals surface area contributed by atoms with Gasteiger partial charge in [0.05, 0.1) is 11.4 Å². The summed E-state index contributed by atoms with van der Waals surface area (Å²) in [5, 5.41) is 0. The molecule has 1 aromatic rings. The lowest BCUT2D eigenvalue weighted by molar-refractivity contribution is 0.100. The molecule has 1 fully saturated rings. The molecular formula is C16H25N3O. The molecule has 0 aromatic heterocycles. The molecule has 4 heteroatoms. The van der Waals surface area contributed by atoms with E-state index >= 15 is 0 Å². The number of carbonyl (C=O) groups excluding carboxylic acids is 1. The number of anilines is 2. The van der Waals surface area contributed by atoms with Crippen molar-refractivity contribution in [3.8, 4) is 0 Å². The van der Waals surface area contributed by atoms with Crippen LogP contribution in [0.25, 0.3) is 0 Å². The van der Waals surface area contributed by atoms with E-state index in [0.717, 1.165) is 5.69 Å². The number of hydrogen-bond acceptors (Lipinski definition) is 3. The van der Waals surface area contributed by atoms with Crippen LogP contribution in [0.3, 0.4) is 0 Å². The van der Waals surface area contributed by atoms with Gasteiger partial charge in [-0.15, -0.1) is 0 Å². The molecule has 1 aliphatic rings. The van der Waals surface area contributed by atoms with Crippen LogP contribution < -0.4 is 16.4 Å². The average molecular weight is 275 g/mol. The summed E-state index contributed by atoms with van der Waals surface area (Å²) >= 11 is 0. The van der Waals surface area contributed by atoms with Gasteiger partial charge in [0.25, 0.3) is 0 Å². The van der Waals surface area contributed by atoms with E-state index in [1.807, 2.05) is 6.07 Å². The van der Waals surface area contributed by atoms with Gasteiger partial charge in [0, 0.05) is 18.7 Å². The quantitative estimate of drug-likeness (QED) is 0.833. The molecule has 1 saturated carbocycles. The fraction of sp³-hybridized carbons (Fsp3) is 0.562. The first kappa shape index (κ1) is 14.7. The van der Waals surface area contributed by atoms with E-state index in [1.165, 1.54) is 25.7 Å². The molecule has 1 aliphatic carbocycles. The summed E-state index contributed by atoms with van der Waals surface area (Å²) in [6.45, 7) is 4.67. The second kappa shape index (κ2) is 5.35.